The highest BCUT2D eigenvalue weighted by Gasteiger charge is 2.78. The quantitative estimate of drug-likeness (QED) is 0.124. The molecule has 0 aromatic heterocycles. The Morgan fingerprint density at radius 2 is 1.59 bits per heavy atom. The highest BCUT2D eigenvalue weighted by molar-refractivity contribution is 5.95. The van der Waals surface area contributed by atoms with Crippen LogP contribution in [0.15, 0.2) is 84.1 Å². The summed E-state index contributed by atoms with van der Waals surface area (Å²) in [7, 11) is 5.49. The number of urea groups is 1. The summed E-state index contributed by atoms with van der Waals surface area (Å²) < 4.78 is 42.3. The molecule has 2 amide bonds. The van der Waals surface area contributed by atoms with Crippen molar-refractivity contribution in [2.24, 2.45) is 16.7 Å². The molecule has 6 rings (SSSR count). The van der Waals surface area contributed by atoms with E-state index in [1.807, 2.05) is 0 Å². The molecule has 0 radical (unpaired) electrons. The predicted octanol–water partition coefficient (Wildman–Crippen LogP) is 4.44. The van der Waals surface area contributed by atoms with Crippen LogP contribution in [0, 0.1) is 16.7 Å². The Bertz CT molecular complexity index is 2070. The standard InChI is InChI=1S/C45H56N2O14/c1-24(2)61-44-23-57-30(44)21-29(55-9)43(6)35(44)37(60-38(50)27-19-15-12-16-20-27)45(54)22-28(25(3)31(42(45,4)5)34(36(43)49)59-41(53)56-10)58-39(51)33(48)32(46-40(52)47(7)8)26-17-13-11-14-18-26/h11-20,28-30,32-35,37,48,54H,1,21-23H2,2-10H3,(H,46,52)/t28-,29-,30+,32-,33+,34+,35-,37-,43+,44-,45+/m0/s1. The molecule has 1 aliphatic heterocycles. The lowest BCUT2D eigenvalue weighted by Gasteiger charge is -2.68. The maximum atomic E-state index is 15.8. The zero-order chi connectivity index (χ0) is 44.8. The largest absolute Gasteiger partial charge is 0.509 e. The molecule has 4 aliphatic rings. The van der Waals surface area contributed by atoms with Gasteiger partial charge in [-0.25, -0.2) is 19.2 Å². The van der Waals surface area contributed by atoms with E-state index < -0.39 is 107 Å². The number of nitrogens with zero attached hydrogens (tertiary/aromatic N) is 1. The summed E-state index contributed by atoms with van der Waals surface area (Å²) in [6.45, 7) is 11.9. The third-order valence-corrected chi connectivity index (χ3v) is 13.2. The molecule has 330 valence electrons. The molecule has 0 spiro atoms. The summed E-state index contributed by atoms with van der Waals surface area (Å²) in [4.78, 5) is 71.8. The summed E-state index contributed by atoms with van der Waals surface area (Å²) in [6.07, 6.45) is -10.1. The summed E-state index contributed by atoms with van der Waals surface area (Å²) in [6, 6.07) is 14.5. The van der Waals surface area contributed by atoms with Crippen LogP contribution in [0.5, 0.6) is 0 Å². The fraction of sp³-hybridized carbons (Fsp3) is 0.533. The topological polar surface area (TPSA) is 206 Å². The van der Waals surface area contributed by atoms with Crippen LogP contribution in [-0.2, 0) is 42.7 Å². The average molecular weight is 849 g/mol. The molecule has 1 saturated heterocycles. The molecule has 61 heavy (non-hydrogen) atoms. The second-order valence-corrected chi connectivity index (χ2v) is 17.2. The van der Waals surface area contributed by atoms with E-state index in [1.165, 1.54) is 26.1 Å². The van der Waals surface area contributed by atoms with Crippen molar-refractivity contribution < 1.29 is 67.3 Å². The highest BCUT2D eigenvalue weighted by Crippen LogP contribution is 2.65. The molecule has 2 saturated carbocycles. The maximum absolute atomic E-state index is 15.8. The van der Waals surface area contributed by atoms with Crippen LogP contribution in [0.1, 0.15) is 69.4 Å². The van der Waals surface area contributed by atoms with Crippen molar-refractivity contribution in [3.05, 3.63) is 95.3 Å². The number of amides is 2. The van der Waals surface area contributed by atoms with E-state index in [1.54, 1.807) is 95.3 Å². The lowest BCUT2D eigenvalue weighted by Crippen LogP contribution is -2.81. The Hall–Kier alpha value is -5.29. The second-order valence-electron chi connectivity index (χ2n) is 17.2. The van der Waals surface area contributed by atoms with Gasteiger partial charge in [-0.2, -0.15) is 0 Å². The van der Waals surface area contributed by atoms with Gasteiger partial charge in [0, 0.05) is 39.5 Å². The lowest BCUT2D eigenvalue weighted by atomic mass is 9.44. The van der Waals surface area contributed by atoms with Gasteiger partial charge in [-0.05, 0) is 49.6 Å². The predicted molar refractivity (Wildman–Crippen MR) is 217 cm³/mol. The van der Waals surface area contributed by atoms with Crippen LogP contribution in [0.25, 0.3) is 0 Å². The minimum atomic E-state index is -2.29. The van der Waals surface area contributed by atoms with E-state index in [9.17, 15) is 29.4 Å². The van der Waals surface area contributed by atoms with Crippen LogP contribution in [-0.4, -0.2) is 128 Å². The minimum Gasteiger partial charge on any atom is -0.487 e. The minimum absolute atomic E-state index is 0.0431. The van der Waals surface area contributed by atoms with Crippen molar-refractivity contribution in [2.75, 3.05) is 34.9 Å². The first kappa shape index (κ1) is 45.2. The number of hydrogen-bond acceptors (Lipinski definition) is 14. The number of esters is 2. The molecule has 11 atom stereocenters. The molecule has 2 bridgehead atoms. The fourth-order valence-electron chi connectivity index (χ4n) is 9.99. The monoisotopic (exact) mass is 848 g/mol. The zero-order valence-corrected chi connectivity index (χ0v) is 36.0. The first-order valence-electron chi connectivity index (χ1n) is 20.1. The molecular formula is C45H56N2O14. The third kappa shape index (κ3) is 7.57. The van der Waals surface area contributed by atoms with Crippen LogP contribution in [0.4, 0.5) is 9.59 Å². The Morgan fingerprint density at radius 3 is 2.13 bits per heavy atom. The van der Waals surface area contributed by atoms with Crippen molar-refractivity contribution >= 4 is 29.9 Å². The van der Waals surface area contributed by atoms with Crippen LogP contribution in [0.3, 0.4) is 0 Å². The van der Waals surface area contributed by atoms with Crippen LogP contribution >= 0.6 is 0 Å². The second kappa shape index (κ2) is 16.9. The van der Waals surface area contributed by atoms with E-state index in [2.05, 4.69) is 11.9 Å². The molecule has 1 heterocycles. The number of Topliss-reactive ketones (excluding diaryl/α,β-unsaturated/α-hetero) is 1. The molecule has 3 N–H and O–H groups in total. The van der Waals surface area contributed by atoms with Crippen molar-refractivity contribution in [3.63, 3.8) is 0 Å². The van der Waals surface area contributed by atoms with E-state index in [0.29, 0.717) is 5.56 Å². The van der Waals surface area contributed by atoms with Gasteiger partial charge < -0.3 is 53.6 Å². The Morgan fingerprint density at radius 1 is 0.967 bits per heavy atom. The van der Waals surface area contributed by atoms with Gasteiger partial charge >= 0.3 is 24.1 Å². The van der Waals surface area contributed by atoms with Gasteiger partial charge in [0.2, 0.25) is 0 Å². The number of fused-ring (bicyclic) bond motifs is 5. The van der Waals surface area contributed by atoms with Crippen LogP contribution < -0.4 is 5.32 Å². The lowest BCUT2D eigenvalue weighted by molar-refractivity contribution is -0.349. The highest BCUT2D eigenvalue weighted by atomic mass is 16.7. The summed E-state index contributed by atoms with van der Waals surface area (Å²) in [5.41, 5.74) is -6.34. The van der Waals surface area contributed by atoms with Gasteiger partial charge in [-0.15, -0.1) is 0 Å². The molecular weight excluding hydrogens is 792 g/mol. The molecule has 16 nitrogen and oxygen atoms in total. The van der Waals surface area contributed by atoms with E-state index in [0.717, 1.165) is 7.11 Å². The van der Waals surface area contributed by atoms with Gasteiger partial charge in [0.25, 0.3) is 0 Å². The van der Waals surface area contributed by atoms with Crippen molar-refractivity contribution in [2.45, 2.75) is 101 Å². The van der Waals surface area contributed by atoms with Gasteiger partial charge in [-0.3, -0.25) is 4.79 Å². The number of carbonyl (C=O) groups is 5. The summed E-state index contributed by atoms with van der Waals surface area (Å²) >= 11 is 0. The average Bonchev–Trinajstić information content (AvgIpc) is 3.22. The van der Waals surface area contributed by atoms with E-state index in [4.69, 9.17) is 33.2 Å². The van der Waals surface area contributed by atoms with E-state index in [-0.39, 0.29) is 35.5 Å². The number of allylic oxidation sites excluding steroid dienone is 1. The number of ether oxygens (including phenoxy) is 7. The van der Waals surface area contributed by atoms with Gasteiger partial charge in [0.15, 0.2) is 23.6 Å². The fourth-order valence-corrected chi connectivity index (χ4v) is 9.99. The first-order valence-corrected chi connectivity index (χ1v) is 20.1. The summed E-state index contributed by atoms with van der Waals surface area (Å²) in [5, 5.41) is 28.1. The summed E-state index contributed by atoms with van der Waals surface area (Å²) in [5.74, 6) is -3.78. The van der Waals surface area contributed by atoms with Crippen molar-refractivity contribution in [1.29, 1.82) is 0 Å². The molecule has 2 aromatic rings. The third-order valence-electron chi connectivity index (χ3n) is 13.2. The van der Waals surface area contributed by atoms with Gasteiger partial charge in [0.05, 0.1) is 48.5 Å². The first-order chi connectivity index (χ1) is 28.7. The number of aliphatic hydroxyl groups excluding tert-OH is 1. The molecule has 3 fully saturated rings. The normalized spacial score (nSPS) is 32.1. The van der Waals surface area contributed by atoms with Crippen molar-refractivity contribution in [3.8, 4) is 0 Å². The number of carbonyl (C=O) groups excluding carboxylic acids is 5. The number of benzene rings is 2. The van der Waals surface area contributed by atoms with E-state index >= 15 is 4.79 Å². The maximum Gasteiger partial charge on any atom is 0.509 e. The SMILES string of the molecule is C=C(C)O[C@@]12CO[C@@H]1C[C@H](OC)[C@@]1(C)C(=O)[C@H](OC(=O)OC)C3=C(C)[C@@H](OC(=O)[C@H](O)[C@@H](NC(=O)N(C)C)c4ccccc4)C[C@@](O)([C@@H](OC(=O)c4ccccc4)[C@H]21)C3(C)C. The number of hydrogen-bond donors (Lipinski definition) is 3. The smallest absolute Gasteiger partial charge is 0.487 e. The molecule has 16 heteroatoms. The number of rotatable bonds is 11. The number of aliphatic hydroxyl groups is 2. The number of nitrogens with one attached hydrogen (secondary N) is 1. The number of ketones is 1. The van der Waals surface area contributed by atoms with Gasteiger partial charge in [0.1, 0.15) is 23.9 Å². The Labute approximate surface area is 355 Å². The number of methoxy groups -OCH3 is 2. The molecule has 3 aliphatic carbocycles. The molecule has 2 aromatic carbocycles. The zero-order valence-electron chi connectivity index (χ0n) is 36.0. The van der Waals surface area contributed by atoms with Crippen molar-refractivity contribution in [1.82, 2.24) is 10.2 Å². The van der Waals surface area contributed by atoms with Gasteiger partial charge in [-0.1, -0.05) is 69.0 Å². The Balaban J connectivity index is 1.58. The molecule has 0 unspecified atom stereocenters. The van der Waals surface area contributed by atoms with Crippen LogP contribution in [0.2, 0.25) is 0 Å². The Kier molecular flexibility index (Phi) is 12.5.